The van der Waals surface area contributed by atoms with Gasteiger partial charge in [-0.05, 0) is 99.3 Å². The molecule has 3 heterocycles. The summed E-state index contributed by atoms with van der Waals surface area (Å²) in [4.78, 5) is 19.9. The van der Waals surface area contributed by atoms with Gasteiger partial charge in [-0.3, -0.25) is 10.2 Å². The predicted molar refractivity (Wildman–Crippen MR) is 153 cm³/mol. The van der Waals surface area contributed by atoms with Gasteiger partial charge in [0.25, 0.3) is 5.91 Å². The highest BCUT2D eigenvalue weighted by Gasteiger charge is 2.47. The van der Waals surface area contributed by atoms with Crippen LogP contribution in [-0.4, -0.2) is 52.8 Å². The van der Waals surface area contributed by atoms with Crippen molar-refractivity contribution < 1.29 is 9.53 Å². The van der Waals surface area contributed by atoms with Crippen molar-refractivity contribution in [1.29, 1.82) is 5.41 Å². The Morgan fingerprint density at radius 1 is 1.03 bits per heavy atom. The molecule has 1 aromatic heterocycles. The smallest absolute Gasteiger partial charge is 0.255 e. The summed E-state index contributed by atoms with van der Waals surface area (Å²) in [7, 11) is 0. The summed E-state index contributed by atoms with van der Waals surface area (Å²) in [6.45, 7) is 2.96. The topological polar surface area (TPSA) is 104 Å². The monoisotopic (exact) mass is 521 g/mol. The van der Waals surface area contributed by atoms with E-state index in [-0.39, 0.29) is 17.2 Å². The van der Waals surface area contributed by atoms with Gasteiger partial charge in [0.05, 0.1) is 16.8 Å². The first-order valence-corrected chi connectivity index (χ1v) is 14.3. The molecule has 4 aliphatic rings. The van der Waals surface area contributed by atoms with Gasteiger partial charge in [-0.15, -0.1) is 0 Å². The number of fused-ring (bicyclic) bond motifs is 2. The fourth-order valence-corrected chi connectivity index (χ4v) is 6.50. The number of nitrogens with zero attached hydrogens (tertiary/aromatic N) is 2. The minimum atomic E-state index is -0.227. The van der Waals surface area contributed by atoms with Crippen LogP contribution < -0.4 is 15.8 Å². The van der Waals surface area contributed by atoms with Crippen LogP contribution >= 0.6 is 0 Å². The second-order valence-corrected chi connectivity index (χ2v) is 11.7. The SMILES string of the molecule is N=C(c1ccc2c(c1)OCC1(CC1)NC2=O)c1cc(-c2ccc3c(c2)CCC(N2CCCC2)CC3)cnc1N. The quantitative estimate of drug-likeness (QED) is 0.340. The van der Waals surface area contributed by atoms with E-state index in [1.165, 1.54) is 49.9 Å². The minimum absolute atomic E-state index is 0.115. The number of nitrogens with one attached hydrogen (secondary N) is 2. The van der Waals surface area contributed by atoms with Crippen LogP contribution in [0, 0.1) is 5.41 Å². The number of aromatic nitrogens is 1. The number of aryl methyl sites for hydroxylation is 2. The Balaban J connectivity index is 1.14. The molecule has 7 nitrogen and oxygen atoms in total. The molecule has 3 aromatic rings. The molecule has 1 unspecified atom stereocenters. The van der Waals surface area contributed by atoms with Crippen molar-refractivity contribution in [2.75, 3.05) is 25.4 Å². The number of benzene rings is 2. The van der Waals surface area contributed by atoms with Crippen LogP contribution in [0.3, 0.4) is 0 Å². The van der Waals surface area contributed by atoms with Gasteiger partial charge in [-0.2, -0.15) is 0 Å². The number of carbonyl (C=O) groups is 1. The Kier molecular flexibility index (Phi) is 5.92. The average Bonchev–Trinajstić information content (AvgIpc) is 3.60. The molecular formula is C32H35N5O2. The van der Waals surface area contributed by atoms with Crippen molar-refractivity contribution in [2.45, 2.75) is 62.9 Å². The molecule has 0 radical (unpaired) electrons. The fraction of sp³-hybridized carbons (Fsp3) is 0.406. The van der Waals surface area contributed by atoms with Crippen LogP contribution in [0.5, 0.6) is 5.75 Å². The van der Waals surface area contributed by atoms with E-state index in [4.69, 9.17) is 15.9 Å². The molecule has 2 aromatic carbocycles. The number of ether oxygens (including phenoxy) is 1. The number of pyridine rings is 1. The molecule has 1 atom stereocenters. The van der Waals surface area contributed by atoms with E-state index < -0.39 is 0 Å². The van der Waals surface area contributed by atoms with E-state index in [1.54, 1.807) is 24.4 Å². The molecule has 1 spiro atoms. The Hall–Kier alpha value is -3.71. The van der Waals surface area contributed by atoms with Gasteiger partial charge >= 0.3 is 0 Å². The van der Waals surface area contributed by atoms with Crippen LogP contribution in [0.15, 0.2) is 48.7 Å². The lowest BCUT2D eigenvalue weighted by Gasteiger charge is -2.26. The van der Waals surface area contributed by atoms with Gasteiger partial charge in [0, 0.05) is 28.9 Å². The number of anilines is 1. The first-order valence-electron chi connectivity index (χ1n) is 14.3. The summed E-state index contributed by atoms with van der Waals surface area (Å²) < 4.78 is 6.02. The zero-order chi connectivity index (χ0) is 26.6. The molecule has 7 rings (SSSR count). The van der Waals surface area contributed by atoms with E-state index in [1.807, 2.05) is 6.07 Å². The van der Waals surface area contributed by atoms with E-state index in [0.717, 1.165) is 36.8 Å². The lowest BCUT2D eigenvalue weighted by molar-refractivity contribution is 0.0932. The standard InChI is InChI=1S/C32H35N5O2/c33-29(23-7-10-26-28(17-23)39-19-32(11-12-32)36-31(26)38)27-16-24(18-35-30(27)34)22-4-3-20-5-8-25(9-6-21(20)15-22)37-13-1-2-14-37/h3-4,7,10,15-18,25,33H,1-2,5-6,8-9,11-14,19H2,(H2,34,35)(H,36,38). The van der Waals surface area contributed by atoms with E-state index in [0.29, 0.717) is 40.9 Å². The Morgan fingerprint density at radius 2 is 1.82 bits per heavy atom. The van der Waals surface area contributed by atoms with Crippen molar-refractivity contribution in [1.82, 2.24) is 15.2 Å². The molecule has 2 aliphatic carbocycles. The Morgan fingerprint density at radius 3 is 2.62 bits per heavy atom. The molecule has 7 heteroatoms. The highest BCUT2D eigenvalue weighted by Crippen LogP contribution is 2.39. The number of amides is 1. The van der Waals surface area contributed by atoms with Gasteiger partial charge in [-0.1, -0.05) is 24.3 Å². The first-order chi connectivity index (χ1) is 19.0. The van der Waals surface area contributed by atoms with E-state index >= 15 is 0 Å². The fourth-order valence-electron chi connectivity index (χ4n) is 6.50. The van der Waals surface area contributed by atoms with Gasteiger partial charge in [-0.25, -0.2) is 4.98 Å². The summed E-state index contributed by atoms with van der Waals surface area (Å²) in [5.41, 5.74) is 13.0. The molecule has 2 aliphatic heterocycles. The van der Waals surface area contributed by atoms with Crippen molar-refractivity contribution >= 4 is 17.4 Å². The van der Waals surface area contributed by atoms with Crippen molar-refractivity contribution in [3.8, 4) is 16.9 Å². The number of likely N-dealkylation sites (tertiary alicyclic amines) is 1. The number of hydrogen-bond donors (Lipinski definition) is 3. The maximum absolute atomic E-state index is 12.7. The second-order valence-electron chi connectivity index (χ2n) is 11.7. The second kappa shape index (κ2) is 9.49. The maximum atomic E-state index is 12.7. The van der Waals surface area contributed by atoms with Gasteiger partial charge in [0.2, 0.25) is 0 Å². The van der Waals surface area contributed by atoms with E-state index in [2.05, 4.69) is 33.4 Å². The average molecular weight is 522 g/mol. The van der Waals surface area contributed by atoms with Crippen molar-refractivity contribution in [3.63, 3.8) is 0 Å². The van der Waals surface area contributed by atoms with Gasteiger partial charge in [0.15, 0.2) is 0 Å². The molecule has 1 amide bonds. The number of nitrogens with two attached hydrogens (primary N) is 1. The Bertz CT molecular complexity index is 1470. The molecule has 1 saturated carbocycles. The lowest BCUT2D eigenvalue weighted by atomic mass is 9.95. The molecule has 0 bridgehead atoms. The van der Waals surface area contributed by atoms with Crippen molar-refractivity contribution in [3.05, 3.63) is 76.5 Å². The summed E-state index contributed by atoms with van der Waals surface area (Å²) >= 11 is 0. The minimum Gasteiger partial charge on any atom is -0.490 e. The Labute approximate surface area is 229 Å². The number of hydrogen-bond acceptors (Lipinski definition) is 6. The maximum Gasteiger partial charge on any atom is 0.255 e. The number of carbonyl (C=O) groups excluding carboxylic acids is 1. The van der Waals surface area contributed by atoms with Gasteiger partial charge in [0.1, 0.15) is 18.2 Å². The molecule has 39 heavy (non-hydrogen) atoms. The van der Waals surface area contributed by atoms with Crippen LogP contribution in [0.25, 0.3) is 11.1 Å². The third-order valence-electron chi connectivity index (χ3n) is 9.13. The predicted octanol–water partition coefficient (Wildman–Crippen LogP) is 4.74. The third kappa shape index (κ3) is 4.59. The molecule has 2 fully saturated rings. The van der Waals surface area contributed by atoms with Crippen LogP contribution in [0.1, 0.15) is 71.1 Å². The summed E-state index contributed by atoms with van der Waals surface area (Å²) in [6, 6.07) is 14.7. The van der Waals surface area contributed by atoms with Crippen LogP contribution in [0.2, 0.25) is 0 Å². The normalized spacial score (nSPS) is 21.7. The zero-order valence-electron chi connectivity index (χ0n) is 22.3. The largest absolute Gasteiger partial charge is 0.490 e. The summed E-state index contributed by atoms with van der Waals surface area (Å²) in [5, 5.41) is 12.1. The van der Waals surface area contributed by atoms with Crippen LogP contribution in [-0.2, 0) is 12.8 Å². The lowest BCUT2D eigenvalue weighted by Crippen LogP contribution is -2.38. The molecule has 1 saturated heterocycles. The number of rotatable bonds is 4. The number of nitrogen functional groups attached to an aromatic ring is 1. The molecule has 4 N–H and O–H groups in total. The summed E-state index contributed by atoms with van der Waals surface area (Å²) in [5.74, 6) is 0.716. The van der Waals surface area contributed by atoms with E-state index in [9.17, 15) is 4.79 Å². The third-order valence-corrected chi connectivity index (χ3v) is 9.13. The molecule has 200 valence electrons. The van der Waals surface area contributed by atoms with Crippen molar-refractivity contribution in [2.24, 2.45) is 0 Å². The highest BCUT2D eigenvalue weighted by atomic mass is 16.5. The first kappa shape index (κ1) is 24.3. The summed E-state index contributed by atoms with van der Waals surface area (Å²) in [6.07, 6.45) is 11.0. The molecular weight excluding hydrogens is 486 g/mol. The zero-order valence-corrected chi connectivity index (χ0v) is 22.3. The van der Waals surface area contributed by atoms with Gasteiger partial charge < -0.3 is 20.7 Å². The van der Waals surface area contributed by atoms with Crippen LogP contribution in [0.4, 0.5) is 5.82 Å². The highest BCUT2D eigenvalue weighted by molar-refractivity contribution is 6.14.